The van der Waals surface area contributed by atoms with Crippen molar-refractivity contribution in [2.75, 3.05) is 11.9 Å². The normalized spacial score (nSPS) is 19.2. The van der Waals surface area contributed by atoms with Gasteiger partial charge in [-0.05, 0) is 31.0 Å². The molecule has 1 heterocycles. The van der Waals surface area contributed by atoms with E-state index in [1.165, 1.54) is 0 Å². The highest BCUT2D eigenvalue weighted by atomic mass is 35.5. The number of halogens is 1. The van der Waals surface area contributed by atoms with E-state index in [9.17, 15) is 9.59 Å². The Morgan fingerprint density at radius 3 is 2.94 bits per heavy atom. The minimum absolute atomic E-state index is 0.00707. The maximum absolute atomic E-state index is 12.0. The molecule has 0 saturated carbocycles. The maximum Gasteiger partial charge on any atom is 0.229 e. The molecule has 2 rings (SSSR count). The molecule has 0 aliphatic carbocycles. The second-order valence-electron chi connectivity index (χ2n) is 4.51. The number of anilines is 1. The largest absolute Gasteiger partial charge is 0.355 e. The number of carbonyl (C=O) groups excluding carboxylic acids is 2. The maximum atomic E-state index is 12.0. The van der Waals surface area contributed by atoms with E-state index in [-0.39, 0.29) is 17.7 Å². The SMILES string of the molecule is Cc1ccc(Cl)c(NC(=O)C2CCC(=O)NC2)c1. The molecule has 4 nitrogen and oxygen atoms in total. The van der Waals surface area contributed by atoms with Gasteiger partial charge in [0.2, 0.25) is 11.8 Å². The first-order valence-electron chi connectivity index (χ1n) is 5.90. The van der Waals surface area contributed by atoms with Crippen molar-refractivity contribution >= 4 is 29.1 Å². The Labute approximate surface area is 111 Å². The third-order valence-electron chi connectivity index (χ3n) is 3.02. The Morgan fingerprint density at radius 1 is 1.50 bits per heavy atom. The molecule has 1 aromatic carbocycles. The van der Waals surface area contributed by atoms with E-state index in [0.29, 0.717) is 30.1 Å². The lowest BCUT2D eigenvalue weighted by molar-refractivity contribution is -0.126. The molecule has 0 aromatic heterocycles. The molecule has 1 fully saturated rings. The molecule has 1 atom stereocenters. The van der Waals surface area contributed by atoms with Crippen LogP contribution in [-0.4, -0.2) is 18.4 Å². The number of hydrogen-bond donors (Lipinski definition) is 2. The van der Waals surface area contributed by atoms with Gasteiger partial charge in [-0.1, -0.05) is 17.7 Å². The summed E-state index contributed by atoms with van der Waals surface area (Å²) in [6.45, 7) is 2.33. The van der Waals surface area contributed by atoms with E-state index in [1.807, 2.05) is 19.1 Å². The molecule has 0 radical (unpaired) electrons. The third kappa shape index (κ3) is 3.01. The number of hydrogen-bond acceptors (Lipinski definition) is 2. The minimum atomic E-state index is -0.181. The van der Waals surface area contributed by atoms with Crippen LogP contribution in [0, 0.1) is 12.8 Å². The highest BCUT2D eigenvalue weighted by molar-refractivity contribution is 6.33. The molecular formula is C13H15ClN2O2. The smallest absolute Gasteiger partial charge is 0.229 e. The van der Waals surface area contributed by atoms with Gasteiger partial charge in [0.05, 0.1) is 16.6 Å². The lowest BCUT2D eigenvalue weighted by atomic mass is 9.98. The minimum Gasteiger partial charge on any atom is -0.355 e. The molecule has 0 spiro atoms. The van der Waals surface area contributed by atoms with Gasteiger partial charge >= 0.3 is 0 Å². The molecule has 1 saturated heterocycles. The van der Waals surface area contributed by atoms with E-state index < -0.39 is 0 Å². The van der Waals surface area contributed by atoms with Gasteiger partial charge in [0.15, 0.2) is 0 Å². The molecule has 96 valence electrons. The second-order valence-corrected chi connectivity index (χ2v) is 4.92. The van der Waals surface area contributed by atoms with Gasteiger partial charge in [-0.15, -0.1) is 0 Å². The number of benzene rings is 1. The van der Waals surface area contributed by atoms with Crippen LogP contribution in [0.3, 0.4) is 0 Å². The molecule has 2 amide bonds. The fraction of sp³-hybridized carbons (Fsp3) is 0.385. The van der Waals surface area contributed by atoms with E-state index in [1.54, 1.807) is 6.07 Å². The average Bonchev–Trinajstić information content (AvgIpc) is 2.34. The predicted octanol–water partition coefficient (Wildman–Crippen LogP) is 2.11. The summed E-state index contributed by atoms with van der Waals surface area (Å²) >= 11 is 6.02. The van der Waals surface area contributed by atoms with Crippen LogP contribution in [0.5, 0.6) is 0 Å². The predicted molar refractivity (Wildman–Crippen MR) is 70.6 cm³/mol. The van der Waals surface area contributed by atoms with E-state index in [4.69, 9.17) is 11.6 Å². The van der Waals surface area contributed by atoms with Crippen LogP contribution in [0.4, 0.5) is 5.69 Å². The zero-order valence-electron chi connectivity index (χ0n) is 10.1. The summed E-state index contributed by atoms with van der Waals surface area (Å²) in [6, 6.07) is 5.48. The fourth-order valence-corrected chi connectivity index (χ4v) is 2.09. The highest BCUT2D eigenvalue weighted by Crippen LogP contribution is 2.24. The molecule has 1 aliphatic rings. The molecular weight excluding hydrogens is 252 g/mol. The summed E-state index contributed by atoms with van der Waals surface area (Å²) in [5.74, 6) is -0.269. The van der Waals surface area contributed by atoms with Crippen molar-refractivity contribution in [1.29, 1.82) is 0 Å². The van der Waals surface area contributed by atoms with Crippen molar-refractivity contribution < 1.29 is 9.59 Å². The first kappa shape index (κ1) is 12.9. The standard InChI is InChI=1S/C13H15ClN2O2/c1-8-2-4-10(14)11(6-8)16-13(18)9-3-5-12(17)15-7-9/h2,4,6,9H,3,5,7H2,1H3,(H,15,17)(H,16,18). The highest BCUT2D eigenvalue weighted by Gasteiger charge is 2.24. The van der Waals surface area contributed by atoms with Crippen LogP contribution in [0.1, 0.15) is 18.4 Å². The summed E-state index contributed by atoms with van der Waals surface area (Å²) < 4.78 is 0. The lowest BCUT2D eigenvalue weighted by Gasteiger charge is -2.21. The number of nitrogens with one attached hydrogen (secondary N) is 2. The number of piperidine rings is 1. The molecule has 1 aliphatic heterocycles. The van der Waals surface area contributed by atoms with Gasteiger partial charge < -0.3 is 10.6 Å². The van der Waals surface area contributed by atoms with Crippen molar-refractivity contribution in [3.63, 3.8) is 0 Å². The molecule has 1 aromatic rings. The van der Waals surface area contributed by atoms with Crippen LogP contribution in [0.2, 0.25) is 5.02 Å². The van der Waals surface area contributed by atoms with Crippen LogP contribution in [-0.2, 0) is 9.59 Å². The van der Waals surface area contributed by atoms with Gasteiger partial charge in [0.1, 0.15) is 0 Å². The van der Waals surface area contributed by atoms with E-state index in [2.05, 4.69) is 10.6 Å². The summed E-state index contributed by atoms with van der Waals surface area (Å²) in [7, 11) is 0. The summed E-state index contributed by atoms with van der Waals surface area (Å²) in [5, 5.41) is 6.03. The van der Waals surface area contributed by atoms with Crippen LogP contribution < -0.4 is 10.6 Å². The van der Waals surface area contributed by atoms with Crippen molar-refractivity contribution in [3.8, 4) is 0 Å². The summed E-state index contributed by atoms with van der Waals surface area (Å²) in [5.41, 5.74) is 1.66. The zero-order chi connectivity index (χ0) is 13.1. The van der Waals surface area contributed by atoms with Crippen molar-refractivity contribution in [2.24, 2.45) is 5.92 Å². The number of rotatable bonds is 2. The summed E-state index contributed by atoms with van der Waals surface area (Å²) in [6.07, 6.45) is 0.987. The van der Waals surface area contributed by atoms with E-state index in [0.717, 1.165) is 5.56 Å². The molecule has 18 heavy (non-hydrogen) atoms. The number of carbonyl (C=O) groups is 2. The first-order chi connectivity index (χ1) is 8.56. The fourth-order valence-electron chi connectivity index (χ4n) is 1.93. The molecule has 0 bridgehead atoms. The average molecular weight is 267 g/mol. The van der Waals surface area contributed by atoms with Gasteiger partial charge in [-0.25, -0.2) is 0 Å². The topological polar surface area (TPSA) is 58.2 Å². The van der Waals surface area contributed by atoms with Crippen molar-refractivity contribution in [3.05, 3.63) is 28.8 Å². The zero-order valence-corrected chi connectivity index (χ0v) is 10.9. The van der Waals surface area contributed by atoms with Crippen molar-refractivity contribution in [1.82, 2.24) is 5.32 Å². The lowest BCUT2D eigenvalue weighted by Crippen LogP contribution is -2.40. The van der Waals surface area contributed by atoms with Crippen LogP contribution >= 0.6 is 11.6 Å². The Balaban J connectivity index is 2.02. The third-order valence-corrected chi connectivity index (χ3v) is 3.35. The second kappa shape index (κ2) is 5.40. The van der Waals surface area contributed by atoms with Gasteiger partial charge in [0, 0.05) is 13.0 Å². The molecule has 2 N–H and O–H groups in total. The Hall–Kier alpha value is -1.55. The van der Waals surface area contributed by atoms with Crippen LogP contribution in [0.25, 0.3) is 0 Å². The number of aryl methyl sites for hydroxylation is 1. The van der Waals surface area contributed by atoms with Gasteiger partial charge in [-0.2, -0.15) is 0 Å². The molecule has 1 unspecified atom stereocenters. The Kier molecular flexibility index (Phi) is 3.87. The Bertz CT molecular complexity index is 478. The van der Waals surface area contributed by atoms with Gasteiger partial charge in [-0.3, -0.25) is 9.59 Å². The Morgan fingerprint density at radius 2 is 2.28 bits per heavy atom. The number of amides is 2. The first-order valence-corrected chi connectivity index (χ1v) is 6.28. The monoisotopic (exact) mass is 266 g/mol. The molecule has 5 heteroatoms. The van der Waals surface area contributed by atoms with Crippen molar-refractivity contribution in [2.45, 2.75) is 19.8 Å². The van der Waals surface area contributed by atoms with Gasteiger partial charge in [0.25, 0.3) is 0 Å². The summed E-state index contributed by atoms with van der Waals surface area (Å²) in [4.78, 5) is 23.0. The quantitative estimate of drug-likeness (QED) is 0.861. The van der Waals surface area contributed by atoms with E-state index >= 15 is 0 Å². The van der Waals surface area contributed by atoms with Crippen LogP contribution in [0.15, 0.2) is 18.2 Å².